The quantitative estimate of drug-likeness (QED) is 0.338. The molecule has 1 heterocycles. The van der Waals surface area contributed by atoms with E-state index in [9.17, 15) is 18.0 Å². The fourth-order valence-electron chi connectivity index (χ4n) is 4.83. The maximum atomic E-state index is 13.7. The minimum Gasteiger partial charge on any atom is -0.480 e. The molecule has 1 saturated heterocycles. The largest absolute Gasteiger partial charge is 0.480 e. The van der Waals surface area contributed by atoms with Crippen LogP contribution in [0.1, 0.15) is 30.5 Å². The van der Waals surface area contributed by atoms with Crippen molar-refractivity contribution in [3.8, 4) is 5.75 Å². The number of rotatable bonds is 11. The summed E-state index contributed by atoms with van der Waals surface area (Å²) in [6.45, 7) is 5.84. The molecule has 2 atom stereocenters. The van der Waals surface area contributed by atoms with Gasteiger partial charge in [-0.25, -0.2) is 8.42 Å². The molecule has 0 radical (unpaired) electrons. The summed E-state index contributed by atoms with van der Waals surface area (Å²) in [4.78, 5) is 26.6. The Morgan fingerprint density at radius 3 is 2.21 bits per heavy atom. The number of sulfonamides is 1. The molecule has 10 heteroatoms. The lowest BCUT2D eigenvalue weighted by Crippen LogP contribution is -2.64. The molecule has 42 heavy (non-hydrogen) atoms. The molecule has 4 rings (SSSR count). The first-order valence-corrected chi connectivity index (χ1v) is 15.3. The van der Waals surface area contributed by atoms with Gasteiger partial charge >= 0.3 is 5.97 Å². The highest BCUT2D eigenvalue weighted by atomic mass is 32.2. The van der Waals surface area contributed by atoms with Crippen molar-refractivity contribution in [1.82, 2.24) is 9.21 Å². The van der Waals surface area contributed by atoms with Crippen molar-refractivity contribution in [3.63, 3.8) is 0 Å². The Labute approximate surface area is 248 Å². The Morgan fingerprint density at radius 2 is 1.62 bits per heavy atom. The Bertz CT molecular complexity index is 1500. The minimum atomic E-state index is -3.86. The molecule has 1 aliphatic heterocycles. The standard InChI is InChI=1S/C32H39N3O6S/c1-22(2)29(30(36)34(4)5)40-31(37)28(33)19-24-10-9-13-27(18-24)42(38,39)35-20-32(21-35,25-11-7-6-8-12-25)41-26-16-14-23(3)15-17-26/h6-18,22,28-29H,19-21,33H2,1-5H3/t28-,29?/m0/s1. The van der Waals surface area contributed by atoms with Crippen LogP contribution in [0, 0.1) is 12.8 Å². The number of likely N-dealkylation sites (N-methyl/N-ethyl adjacent to an activating group) is 1. The van der Waals surface area contributed by atoms with Crippen LogP contribution in [0.2, 0.25) is 0 Å². The zero-order chi connectivity index (χ0) is 30.7. The van der Waals surface area contributed by atoms with Crippen LogP contribution in [-0.2, 0) is 36.4 Å². The van der Waals surface area contributed by atoms with E-state index < -0.39 is 33.7 Å². The number of hydrogen-bond acceptors (Lipinski definition) is 7. The van der Waals surface area contributed by atoms with Gasteiger partial charge in [-0.1, -0.05) is 74.0 Å². The van der Waals surface area contributed by atoms with Crippen LogP contribution in [0.4, 0.5) is 0 Å². The number of carbonyl (C=O) groups excluding carboxylic acids is 2. The maximum absolute atomic E-state index is 13.7. The first-order chi connectivity index (χ1) is 19.8. The van der Waals surface area contributed by atoms with Gasteiger partial charge in [0.15, 0.2) is 11.7 Å². The van der Waals surface area contributed by atoms with Crippen molar-refractivity contribution in [2.45, 2.75) is 49.8 Å². The molecule has 9 nitrogen and oxygen atoms in total. The number of benzene rings is 3. The zero-order valence-corrected chi connectivity index (χ0v) is 25.5. The number of esters is 1. The predicted molar refractivity (Wildman–Crippen MR) is 160 cm³/mol. The van der Waals surface area contributed by atoms with E-state index in [1.54, 1.807) is 40.1 Å². The molecule has 1 unspecified atom stereocenters. The molecule has 0 aromatic heterocycles. The molecular weight excluding hydrogens is 554 g/mol. The van der Waals surface area contributed by atoms with E-state index in [-0.39, 0.29) is 36.2 Å². The van der Waals surface area contributed by atoms with Crippen molar-refractivity contribution in [2.75, 3.05) is 27.2 Å². The van der Waals surface area contributed by atoms with Gasteiger partial charge in [0.2, 0.25) is 10.0 Å². The van der Waals surface area contributed by atoms with Crippen molar-refractivity contribution in [1.29, 1.82) is 0 Å². The summed E-state index contributed by atoms with van der Waals surface area (Å²) in [7, 11) is -0.681. The van der Waals surface area contributed by atoms with E-state index >= 15 is 0 Å². The van der Waals surface area contributed by atoms with E-state index in [0.717, 1.165) is 11.1 Å². The van der Waals surface area contributed by atoms with Crippen LogP contribution < -0.4 is 10.5 Å². The number of nitrogens with two attached hydrogens (primary N) is 1. The third kappa shape index (κ3) is 6.83. The van der Waals surface area contributed by atoms with Crippen molar-refractivity contribution < 1.29 is 27.5 Å². The second-order valence-corrected chi connectivity index (χ2v) is 13.3. The molecular formula is C32H39N3O6S. The van der Waals surface area contributed by atoms with E-state index in [1.807, 2.05) is 61.5 Å². The predicted octanol–water partition coefficient (Wildman–Crippen LogP) is 3.50. The Balaban J connectivity index is 1.48. The third-order valence-electron chi connectivity index (χ3n) is 7.32. The topological polar surface area (TPSA) is 119 Å². The van der Waals surface area contributed by atoms with Gasteiger partial charge in [-0.15, -0.1) is 0 Å². The zero-order valence-electron chi connectivity index (χ0n) is 24.7. The van der Waals surface area contributed by atoms with Gasteiger partial charge in [0.05, 0.1) is 18.0 Å². The molecule has 0 spiro atoms. The molecule has 0 saturated carbocycles. The van der Waals surface area contributed by atoms with Gasteiger partial charge in [-0.05, 0) is 54.7 Å². The summed E-state index contributed by atoms with van der Waals surface area (Å²) in [5, 5.41) is 0. The number of carbonyl (C=O) groups is 2. The molecule has 2 N–H and O–H groups in total. The number of ether oxygens (including phenoxy) is 2. The van der Waals surface area contributed by atoms with Gasteiger partial charge in [0.1, 0.15) is 11.8 Å². The normalized spacial score (nSPS) is 16.3. The first kappa shape index (κ1) is 31.2. The molecule has 3 aromatic rings. The van der Waals surface area contributed by atoms with E-state index in [2.05, 4.69) is 0 Å². The first-order valence-electron chi connectivity index (χ1n) is 13.9. The highest BCUT2D eigenvalue weighted by Gasteiger charge is 2.52. The second-order valence-electron chi connectivity index (χ2n) is 11.3. The monoisotopic (exact) mass is 593 g/mol. The third-order valence-corrected chi connectivity index (χ3v) is 9.11. The van der Waals surface area contributed by atoms with E-state index in [0.29, 0.717) is 11.3 Å². The second kappa shape index (κ2) is 12.6. The lowest BCUT2D eigenvalue weighted by atomic mass is 9.87. The van der Waals surface area contributed by atoms with Gasteiger partial charge in [-0.3, -0.25) is 9.59 Å². The van der Waals surface area contributed by atoms with Crippen LogP contribution in [0.15, 0.2) is 83.8 Å². The van der Waals surface area contributed by atoms with Crippen LogP contribution in [0.25, 0.3) is 0 Å². The highest BCUT2D eigenvalue weighted by molar-refractivity contribution is 7.89. The summed E-state index contributed by atoms with van der Waals surface area (Å²) in [5.41, 5.74) is 7.86. The Kier molecular flexibility index (Phi) is 9.40. The smallest absolute Gasteiger partial charge is 0.324 e. The Hall–Kier alpha value is -3.73. The van der Waals surface area contributed by atoms with Gasteiger partial charge in [-0.2, -0.15) is 4.31 Å². The molecule has 1 amide bonds. The van der Waals surface area contributed by atoms with Gasteiger partial charge in [0.25, 0.3) is 5.91 Å². The average molecular weight is 594 g/mol. The minimum absolute atomic E-state index is 0.0493. The molecule has 3 aromatic carbocycles. The number of nitrogens with zero attached hydrogens (tertiary/aromatic N) is 2. The van der Waals surface area contributed by atoms with Crippen LogP contribution >= 0.6 is 0 Å². The fourth-order valence-corrected chi connectivity index (χ4v) is 6.44. The summed E-state index contributed by atoms with van der Waals surface area (Å²) in [5.74, 6) is -0.623. The van der Waals surface area contributed by atoms with Crippen molar-refractivity contribution in [3.05, 3.63) is 95.6 Å². The maximum Gasteiger partial charge on any atom is 0.324 e. The average Bonchev–Trinajstić information content (AvgIpc) is 2.94. The molecule has 0 aliphatic carbocycles. The lowest BCUT2D eigenvalue weighted by Gasteiger charge is -2.48. The van der Waals surface area contributed by atoms with Crippen molar-refractivity contribution in [2.24, 2.45) is 11.7 Å². The summed E-state index contributed by atoms with van der Waals surface area (Å²) < 4.78 is 40.6. The Morgan fingerprint density at radius 1 is 0.976 bits per heavy atom. The highest BCUT2D eigenvalue weighted by Crippen LogP contribution is 2.40. The van der Waals surface area contributed by atoms with Crippen LogP contribution in [0.5, 0.6) is 5.75 Å². The van der Waals surface area contributed by atoms with Crippen molar-refractivity contribution >= 4 is 21.9 Å². The van der Waals surface area contributed by atoms with E-state index in [4.69, 9.17) is 15.2 Å². The summed E-state index contributed by atoms with van der Waals surface area (Å²) in [6.07, 6.45) is -0.906. The SMILES string of the molecule is Cc1ccc(OC2(c3ccccc3)CN(S(=O)(=O)c3cccc(C[C@H](N)C(=O)OC(C(=O)N(C)C)C(C)C)c3)C2)cc1. The lowest BCUT2D eigenvalue weighted by molar-refractivity contribution is -0.163. The number of amides is 1. The molecule has 0 bridgehead atoms. The van der Waals surface area contributed by atoms with Gasteiger partial charge < -0.3 is 20.1 Å². The van der Waals surface area contributed by atoms with E-state index in [1.165, 1.54) is 21.3 Å². The van der Waals surface area contributed by atoms with Gasteiger partial charge in [0, 0.05) is 14.1 Å². The molecule has 1 fully saturated rings. The number of aryl methyl sites for hydroxylation is 1. The summed E-state index contributed by atoms with van der Waals surface area (Å²) >= 11 is 0. The fraction of sp³-hybridized carbons (Fsp3) is 0.375. The molecule has 224 valence electrons. The molecule has 1 aliphatic rings. The number of hydrogen-bond donors (Lipinski definition) is 1. The van der Waals surface area contributed by atoms with Crippen LogP contribution in [-0.4, -0.2) is 68.8 Å². The summed E-state index contributed by atoms with van der Waals surface area (Å²) in [6, 6.07) is 22.6. The van der Waals surface area contributed by atoms with Crippen LogP contribution in [0.3, 0.4) is 0 Å².